The van der Waals surface area contributed by atoms with Gasteiger partial charge in [0.25, 0.3) is 5.91 Å². The summed E-state index contributed by atoms with van der Waals surface area (Å²) in [6.45, 7) is 1.80. The van der Waals surface area contributed by atoms with Gasteiger partial charge in [0.15, 0.2) is 0 Å². The van der Waals surface area contributed by atoms with Crippen molar-refractivity contribution in [1.82, 2.24) is 24.7 Å². The fourth-order valence-corrected chi connectivity index (χ4v) is 5.33. The Labute approximate surface area is 205 Å². The van der Waals surface area contributed by atoms with Gasteiger partial charge in [-0.2, -0.15) is 5.10 Å². The van der Waals surface area contributed by atoms with Crippen LogP contribution in [0.2, 0.25) is 0 Å². The normalized spacial score (nSPS) is 15.4. The van der Waals surface area contributed by atoms with Gasteiger partial charge in [-0.3, -0.25) is 19.6 Å². The number of carbonyl (C=O) groups is 1. The Kier molecular flexibility index (Phi) is 6.53. The minimum Gasteiger partial charge on any atom is -0.350 e. The summed E-state index contributed by atoms with van der Waals surface area (Å²) in [4.78, 5) is 13.9. The molecule has 1 unspecified atom stereocenters. The fourth-order valence-electron chi connectivity index (χ4n) is 5.33. The van der Waals surface area contributed by atoms with Crippen LogP contribution in [0.5, 0.6) is 0 Å². The number of benzene rings is 2. The average Bonchev–Trinajstić information content (AvgIpc) is 3.57. The van der Waals surface area contributed by atoms with Crippen molar-refractivity contribution in [1.29, 1.82) is 0 Å². The van der Waals surface area contributed by atoms with Crippen LogP contribution in [0.3, 0.4) is 0 Å². The van der Waals surface area contributed by atoms with Crippen molar-refractivity contribution >= 4 is 22.9 Å². The Hall–Kier alpha value is -3.68. The van der Waals surface area contributed by atoms with Crippen LogP contribution in [0.1, 0.15) is 40.3 Å². The van der Waals surface area contributed by atoms with Crippen molar-refractivity contribution in [2.75, 3.05) is 6.54 Å². The third-order valence-electron chi connectivity index (χ3n) is 6.98. The molecule has 2 aromatic carbocycles. The molecule has 7 nitrogen and oxygen atoms in total. The summed E-state index contributed by atoms with van der Waals surface area (Å²) < 4.78 is 4.08. The van der Waals surface area contributed by atoms with Crippen LogP contribution < -0.4 is 5.48 Å². The van der Waals surface area contributed by atoms with E-state index < -0.39 is 5.91 Å². The van der Waals surface area contributed by atoms with E-state index in [0.717, 1.165) is 37.9 Å². The van der Waals surface area contributed by atoms with Crippen LogP contribution in [0.4, 0.5) is 0 Å². The van der Waals surface area contributed by atoms with Gasteiger partial charge in [0.1, 0.15) is 0 Å². The van der Waals surface area contributed by atoms with E-state index in [1.54, 1.807) is 11.6 Å². The zero-order valence-corrected chi connectivity index (χ0v) is 20.2. The standard InChI is InChI=1S/C28H31N5O2/c1-31-19-23(24-5-3-4-6-26(24)31)13-14-33(18-21-16-29-32(2)17-21)27-11-9-22-15-20(7-10-25(22)27)8-12-28(34)30-35/h3-8,10,12,15-17,19,27,35H,9,11,13-14,18H2,1-2H3,(H,30,34)/b12-8+. The number of nitrogens with one attached hydrogen (secondary N) is 1. The number of hydrogen-bond acceptors (Lipinski definition) is 4. The predicted molar refractivity (Wildman–Crippen MR) is 137 cm³/mol. The Bertz CT molecular complexity index is 1380. The lowest BCUT2D eigenvalue weighted by molar-refractivity contribution is -0.124. The number of para-hydroxylation sites is 1. The van der Waals surface area contributed by atoms with Gasteiger partial charge in [0, 0.05) is 68.2 Å². The van der Waals surface area contributed by atoms with E-state index in [9.17, 15) is 4.79 Å². The maximum Gasteiger partial charge on any atom is 0.267 e. The quantitative estimate of drug-likeness (QED) is 0.231. The molecule has 0 saturated heterocycles. The lowest BCUT2D eigenvalue weighted by Crippen LogP contribution is -2.29. The van der Waals surface area contributed by atoms with Crippen LogP contribution in [0.25, 0.3) is 17.0 Å². The fraction of sp³-hybridized carbons (Fsp3) is 0.286. The minimum absolute atomic E-state index is 0.332. The highest BCUT2D eigenvalue weighted by atomic mass is 16.5. The third kappa shape index (κ3) is 4.92. The molecule has 4 aromatic rings. The molecule has 1 atom stereocenters. The molecule has 0 radical (unpaired) electrons. The summed E-state index contributed by atoms with van der Waals surface area (Å²) in [5, 5.41) is 14.4. The van der Waals surface area contributed by atoms with Crippen LogP contribution in [0.15, 0.2) is 67.1 Å². The van der Waals surface area contributed by atoms with E-state index in [0.29, 0.717) is 6.04 Å². The largest absolute Gasteiger partial charge is 0.350 e. The van der Waals surface area contributed by atoms with Gasteiger partial charge in [-0.05, 0) is 53.7 Å². The smallest absolute Gasteiger partial charge is 0.267 e. The number of hydrogen-bond donors (Lipinski definition) is 2. The van der Waals surface area contributed by atoms with E-state index in [2.05, 4.69) is 70.4 Å². The molecule has 0 fully saturated rings. The monoisotopic (exact) mass is 469 g/mol. The number of aromatic nitrogens is 3. The van der Waals surface area contributed by atoms with E-state index in [1.807, 2.05) is 24.0 Å². The highest BCUT2D eigenvalue weighted by molar-refractivity contribution is 5.90. The molecule has 1 amide bonds. The molecule has 0 saturated carbocycles. The van der Waals surface area contributed by atoms with E-state index >= 15 is 0 Å². The summed E-state index contributed by atoms with van der Waals surface area (Å²) in [5.74, 6) is -0.528. The molecular formula is C28H31N5O2. The van der Waals surface area contributed by atoms with Gasteiger partial charge in [-0.15, -0.1) is 0 Å². The first-order valence-electron chi connectivity index (χ1n) is 12.0. The molecular weight excluding hydrogens is 438 g/mol. The van der Waals surface area contributed by atoms with E-state index in [4.69, 9.17) is 5.21 Å². The van der Waals surface area contributed by atoms with Crippen molar-refractivity contribution < 1.29 is 10.0 Å². The summed E-state index contributed by atoms with van der Waals surface area (Å²) in [7, 11) is 4.07. The van der Waals surface area contributed by atoms with Gasteiger partial charge >= 0.3 is 0 Å². The van der Waals surface area contributed by atoms with Crippen molar-refractivity contribution in [2.24, 2.45) is 14.1 Å². The molecule has 35 heavy (non-hydrogen) atoms. The van der Waals surface area contributed by atoms with Crippen molar-refractivity contribution in [3.63, 3.8) is 0 Å². The first-order chi connectivity index (χ1) is 17.0. The lowest BCUT2D eigenvalue weighted by atomic mass is 10.0. The number of nitrogens with zero attached hydrogens (tertiary/aromatic N) is 4. The molecule has 2 N–H and O–H groups in total. The average molecular weight is 470 g/mol. The number of hydroxylamine groups is 1. The van der Waals surface area contributed by atoms with Crippen LogP contribution >= 0.6 is 0 Å². The van der Waals surface area contributed by atoms with E-state index in [-0.39, 0.29) is 0 Å². The van der Waals surface area contributed by atoms with E-state index in [1.165, 1.54) is 39.2 Å². The SMILES string of the molecule is Cn1cc(CN(CCc2cn(C)c3ccccc23)C2CCc3cc(/C=C/C(=O)NO)ccc32)cn1. The Morgan fingerprint density at radius 1 is 1.23 bits per heavy atom. The predicted octanol–water partition coefficient (Wildman–Crippen LogP) is 4.16. The lowest BCUT2D eigenvalue weighted by Gasteiger charge is -2.29. The first-order valence-corrected chi connectivity index (χ1v) is 12.0. The zero-order valence-electron chi connectivity index (χ0n) is 20.2. The number of aryl methyl sites for hydroxylation is 3. The summed E-state index contributed by atoms with van der Waals surface area (Å²) in [6, 6.07) is 15.3. The highest BCUT2D eigenvalue weighted by Crippen LogP contribution is 2.37. The van der Waals surface area contributed by atoms with Gasteiger partial charge < -0.3 is 4.57 Å². The summed E-state index contributed by atoms with van der Waals surface area (Å²) >= 11 is 0. The van der Waals surface area contributed by atoms with Gasteiger partial charge in [0.05, 0.1) is 6.20 Å². The van der Waals surface area contributed by atoms with Gasteiger partial charge in [0.2, 0.25) is 0 Å². The summed E-state index contributed by atoms with van der Waals surface area (Å²) in [6.07, 6.45) is 12.4. The van der Waals surface area contributed by atoms with Crippen molar-refractivity contribution in [2.45, 2.75) is 31.8 Å². The van der Waals surface area contributed by atoms with Crippen molar-refractivity contribution in [3.05, 3.63) is 94.9 Å². The molecule has 0 spiro atoms. The summed E-state index contributed by atoms with van der Waals surface area (Å²) in [5.41, 5.74) is 9.13. The molecule has 180 valence electrons. The zero-order chi connectivity index (χ0) is 24.4. The third-order valence-corrected chi connectivity index (χ3v) is 6.98. The Morgan fingerprint density at radius 2 is 2.09 bits per heavy atom. The second kappa shape index (κ2) is 9.90. The molecule has 7 heteroatoms. The first kappa shape index (κ1) is 23.1. The Morgan fingerprint density at radius 3 is 2.89 bits per heavy atom. The molecule has 1 aliphatic carbocycles. The van der Waals surface area contributed by atoms with Gasteiger partial charge in [-0.25, -0.2) is 5.48 Å². The number of carbonyl (C=O) groups excluding carboxylic acids is 1. The Balaban J connectivity index is 1.40. The number of rotatable bonds is 8. The highest BCUT2D eigenvalue weighted by Gasteiger charge is 2.28. The topological polar surface area (TPSA) is 75.3 Å². The maximum absolute atomic E-state index is 11.3. The molecule has 2 aromatic heterocycles. The molecule has 1 aliphatic rings. The van der Waals surface area contributed by atoms with Crippen LogP contribution in [0, 0.1) is 0 Å². The second-order valence-corrected chi connectivity index (χ2v) is 9.35. The number of amides is 1. The maximum atomic E-state index is 11.3. The van der Waals surface area contributed by atoms with Crippen LogP contribution in [-0.2, 0) is 38.3 Å². The second-order valence-electron chi connectivity index (χ2n) is 9.35. The number of fused-ring (bicyclic) bond motifs is 2. The minimum atomic E-state index is -0.528. The molecule has 0 aliphatic heterocycles. The molecule has 5 rings (SSSR count). The van der Waals surface area contributed by atoms with Crippen LogP contribution in [-0.4, -0.2) is 36.9 Å². The van der Waals surface area contributed by atoms with Gasteiger partial charge in [-0.1, -0.05) is 36.4 Å². The molecule has 0 bridgehead atoms. The van der Waals surface area contributed by atoms with Crippen molar-refractivity contribution in [3.8, 4) is 0 Å². The molecule has 2 heterocycles.